The largest absolute Gasteiger partial charge is 0.493 e. The number of fused-ring (bicyclic) bond motifs is 2. The molecule has 4 rings (SSSR count). The van der Waals surface area contributed by atoms with Crippen LogP contribution in [-0.2, 0) is 6.42 Å². The normalized spacial score (nSPS) is 12.5. The van der Waals surface area contributed by atoms with Gasteiger partial charge in [-0.25, -0.2) is 0 Å². The molecule has 1 aliphatic heterocycles. The Labute approximate surface area is 193 Å². The molecule has 0 aromatic heterocycles. The lowest BCUT2D eigenvalue weighted by atomic mass is 10.1. The van der Waals surface area contributed by atoms with Crippen molar-refractivity contribution in [3.63, 3.8) is 0 Å². The predicted molar refractivity (Wildman–Crippen MR) is 130 cm³/mol. The summed E-state index contributed by atoms with van der Waals surface area (Å²) in [4.78, 5) is 7.28. The molecule has 162 valence electrons. The van der Waals surface area contributed by atoms with Gasteiger partial charge in [-0.15, -0.1) is 0 Å². The second-order valence-electron chi connectivity index (χ2n) is 7.58. The number of para-hydroxylation sites is 1. The number of nitrogens with zero attached hydrogens (tertiary/aromatic N) is 2. The van der Waals surface area contributed by atoms with Crippen LogP contribution in [0.1, 0.15) is 5.56 Å². The summed E-state index contributed by atoms with van der Waals surface area (Å²) >= 11 is 8.14. The molecule has 4 nitrogen and oxygen atoms in total. The van der Waals surface area contributed by atoms with Crippen LogP contribution in [0.2, 0.25) is 5.02 Å². The minimum absolute atomic E-state index is 0.763. The summed E-state index contributed by atoms with van der Waals surface area (Å²) < 4.78 is 10.8. The van der Waals surface area contributed by atoms with E-state index in [0.717, 1.165) is 42.6 Å². The summed E-state index contributed by atoms with van der Waals surface area (Å²) in [6.45, 7) is 2.80. The van der Waals surface area contributed by atoms with Crippen LogP contribution >= 0.6 is 23.4 Å². The number of anilines is 2. The summed E-state index contributed by atoms with van der Waals surface area (Å²) in [5.74, 6) is 1.54. The lowest BCUT2D eigenvalue weighted by Crippen LogP contribution is -2.32. The summed E-state index contributed by atoms with van der Waals surface area (Å²) in [5.41, 5.74) is 3.67. The summed E-state index contributed by atoms with van der Waals surface area (Å²) in [7, 11) is 5.50. The second kappa shape index (κ2) is 9.86. The Hall–Kier alpha value is -2.34. The molecule has 6 heteroatoms. The zero-order valence-corrected chi connectivity index (χ0v) is 19.7. The van der Waals surface area contributed by atoms with Crippen LogP contribution in [0, 0.1) is 0 Å². The topological polar surface area (TPSA) is 24.9 Å². The number of methoxy groups -OCH3 is 2. The monoisotopic (exact) mass is 454 g/mol. The maximum Gasteiger partial charge on any atom is 0.160 e. The maximum atomic E-state index is 6.33. The van der Waals surface area contributed by atoms with E-state index in [9.17, 15) is 0 Å². The molecule has 0 radical (unpaired) electrons. The van der Waals surface area contributed by atoms with Gasteiger partial charge >= 0.3 is 0 Å². The lowest BCUT2D eigenvalue weighted by Gasteiger charge is -2.34. The van der Waals surface area contributed by atoms with Gasteiger partial charge in [-0.3, -0.25) is 0 Å². The number of benzene rings is 3. The number of ether oxygens (including phenoxy) is 2. The van der Waals surface area contributed by atoms with E-state index in [4.69, 9.17) is 21.1 Å². The van der Waals surface area contributed by atoms with E-state index in [1.807, 2.05) is 23.9 Å². The molecule has 3 aromatic rings. The van der Waals surface area contributed by atoms with Gasteiger partial charge in [0.05, 0.1) is 25.6 Å². The van der Waals surface area contributed by atoms with Gasteiger partial charge in [0.1, 0.15) is 0 Å². The summed E-state index contributed by atoms with van der Waals surface area (Å²) in [5, 5.41) is 0.769. The van der Waals surface area contributed by atoms with Crippen molar-refractivity contribution in [2.45, 2.75) is 16.2 Å². The SMILES string of the molecule is COc1ccc(CCN(C)CCN2c3ccccc3Sc3ccc(Cl)cc32)cc1OC. The van der Waals surface area contributed by atoms with E-state index in [0.29, 0.717) is 0 Å². The van der Waals surface area contributed by atoms with E-state index >= 15 is 0 Å². The van der Waals surface area contributed by atoms with Crippen LogP contribution in [0.3, 0.4) is 0 Å². The Morgan fingerprint density at radius 3 is 2.45 bits per heavy atom. The van der Waals surface area contributed by atoms with Gasteiger partial charge < -0.3 is 19.3 Å². The molecule has 0 atom stereocenters. The quantitative estimate of drug-likeness (QED) is 0.407. The number of rotatable bonds is 8. The number of halogens is 1. The first-order valence-corrected chi connectivity index (χ1v) is 11.5. The van der Waals surface area contributed by atoms with Gasteiger partial charge in [-0.1, -0.05) is 41.6 Å². The van der Waals surface area contributed by atoms with Crippen molar-refractivity contribution in [2.75, 3.05) is 45.8 Å². The summed E-state index contributed by atoms with van der Waals surface area (Å²) in [6.07, 6.45) is 0.950. The van der Waals surface area contributed by atoms with Crippen LogP contribution in [0.4, 0.5) is 11.4 Å². The van der Waals surface area contributed by atoms with Crippen LogP contribution in [0.5, 0.6) is 11.5 Å². The van der Waals surface area contributed by atoms with E-state index in [1.165, 1.54) is 26.7 Å². The van der Waals surface area contributed by atoms with Crippen molar-refractivity contribution < 1.29 is 9.47 Å². The highest BCUT2D eigenvalue weighted by molar-refractivity contribution is 7.99. The highest BCUT2D eigenvalue weighted by Crippen LogP contribution is 2.48. The van der Waals surface area contributed by atoms with Gasteiger partial charge in [0.25, 0.3) is 0 Å². The van der Waals surface area contributed by atoms with E-state index in [-0.39, 0.29) is 0 Å². The van der Waals surface area contributed by atoms with Crippen LogP contribution in [0.25, 0.3) is 0 Å². The number of likely N-dealkylation sites (N-methyl/N-ethyl adjacent to an activating group) is 1. The molecule has 1 heterocycles. The fourth-order valence-electron chi connectivity index (χ4n) is 3.78. The fraction of sp³-hybridized carbons (Fsp3) is 0.280. The van der Waals surface area contributed by atoms with Gasteiger partial charge in [-0.05, 0) is 61.5 Å². The molecule has 0 unspecified atom stereocenters. The zero-order valence-electron chi connectivity index (χ0n) is 18.1. The fourth-order valence-corrected chi connectivity index (χ4v) is 5.02. The summed E-state index contributed by atoms with van der Waals surface area (Å²) in [6, 6.07) is 20.9. The molecular weight excluding hydrogens is 428 g/mol. The molecule has 0 bridgehead atoms. The van der Waals surface area contributed by atoms with Gasteiger partial charge in [0, 0.05) is 34.4 Å². The standard InChI is InChI=1S/C25H27ClN2O2S/c1-27(13-12-18-8-10-22(29-2)23(16-18)30-3)14-15-28-20-6-4-5-7-24(20)31-25-11-9-19(26)17-21(25)28/h4-11,16-17H,12-15H2,1-3H3. The molecule has 0 saturated carbocycles. The maximum absolute atomic E-state index is 6.33. The predicted octanol–water partition coefficient (Wildman–Crippen LogP) is 6.13. The average Bonchev–Trinajstić information content (AvgIpc) is 2.80. The Morgan fingerprint density at radius 2 is 1.65 bits per heavy atom. The molecule has 0 amide bonds. The third-order valence-corrected chi connectivity index (χ3v) is 6.89. The molecule has 0 aliphatic carbocycles. The van der Waals surface area contributed by atoms with Gasteiger partial charge in [0.15, 0.2) is 11.5 Å². The van der Waals surface area contributed by atoms with Crippen molar-refractivity contribution in [3.8, 4) is 11.5 Å². The molecule has 1 aliphatic rings. The Morgan fingerprint density at radius 1 is 0.871 bits per heavy atom. The highest BCUT2D eigenvalue weighted by atomic mass is 35.5. The Balaban J connectivity index is 1.43. The Kier molecular flexibility index (Phi) is 6.96. The van der Waals surface area contributed by atoms with Gasteiger partial charge in [0.2, 0.25) is 0 Å². The van der Waals surface area contributed by atoms with E-state index in [1.54, 1.807) is 14.2 Å². The van der Waals surface area contributed by atoms with Crippen molar-refractivity contribution in [1.29, 1.82) is 0 Å². The van der Waals surface area contributed by atoms with E-state index < -0.39 is 0 Å². The molecule has 0 fully saturated rings. The molecule has 0 spiro atoms. The van der Waals surface area contributed by atoms with Gasteiger partial charge in [-0.2, -0.15) is 0 Å². The molecule has 0 saturated heterocycles. The highest BCUT2D eigenvalue weighted by Gasteiger charge is 2.23. The minimum atomic E-state index is 0.763. The first-order valence-electron chi connectivity index (χ1n) is 10.3. The molecule has 3 aromatic carbocycles. The van der Waals surface area contributed by atoms with Crippen LogP contribution in [-0.4, -0.2) is 45.8 Å². The van der Waals surface area contributed by atoms with Crippen molar-refractivity contribution in [3.05, 3.63) is 71.2 Å². The molecular formula is C25H27ClN2O2S. The van der Waals surface area contributed by atoms with Crippen molar-refractivity contribution in [1.82, 2.24) is 4.90 Å². The molecule has 31 heavy (non-hydrogen) atoms. The van der Waals surface area contributed by atoms with Crippen molar-refractivity contribution in [2.24, 2.45) is 0 Å². The first kappa shape index (κ1) is 21.9. The number of hydrogen-bond acceptors (Lipinski definition) is 5. The van der Waals surface area contributed by atoms with Crippen LogP contribution in [0.15, 0.2) is 70.5 Å². The second-order valence-corrected chi connectivity index (χ2v) is 9.10. The lowest BCUT2D eigenvalue weighted by molar-refractivity contribution is 0.344. The van der Waals surface area contributed by atoms with Crippen molar-refractivity contribution >= 4 is 34.7 Å². The third-order valence-electron chi connectivity index (χ3n) is 5.52. The Bertz CT molecular complexity index is 1060. The zero-order chi connectivity index (χ0) is 21.8. The molecule has 0 N–H and O–H groups in total. The smallest absolute Gasteiger partial charge is 0.160 e. The van der Waals surface area contributed by atoms with Crippen LogP contribution < -0.4 is 14.4 Å². The average molecular weight is 455 g/mol. The minimum Gasteiger partial charge on any atom is -0.493 e. The third kappa shape index (κ3) is 4.95. The van der Waals surface area contributed by atoms with E-state index in [2.05, 4.69) is 65.4 Å². The first-order chi connectivity index (χ1) is 15.1. The number of hydrogen-bond donors (Lipinski definition) is 0.